The number of nitrogens with one attached hydrogen (secondary N) is 2. The lowest BCUT2D eigenvalue weighted by molar-refractivity contribution is 0.0278. The summed E-state index contributed by atoms with van der Waals surface area (Å²) < 4.78 is 7.31. The summed E-state index contributed by atoms with van der Waals surface area (Å²) >= 11 is 0. The SMILES string of the molecule is CN=C(NCc1nnc2ccccn12)NCC(C)CN(C)C(=O)OC(C)(C)C. The Morgan fingerprint density at radius 1 is 1.32 bits per heavy atom. The molecule has 28 heavy (non-hydrogen) atoms. The summed E-state index contributed by atoms with van der Waals surface area (Å²) in [6.45, 7) is 9.37. The summed E-state index contributed by atoms with van der Waals surface area (Å²) in [5.74, 6) is 1.68. The van der Waals surface area contributed by atoms with Crippen LogP contribution < -0.4 is 10.6 Å². The van der Waals surface area contributed by atoms with Crippen molar-refractivity contribution in [2.75, 3.05) is 27.2 Å². The van der Waals surface area contributed by atoms with Gasteiger partial charge in [0, 0.05) is 33.4 Å². The molecule has 0 aromatic carbocycles. The van der Waals surface area contributed by atoms with Crippen LogP contribution in [0.5, 0.6) is 0 Å². The van der Waals surface area contributed by atoms with Crippen molar-refractivity contribution in [2.24, 2.45) is 10.9 Å². The molecule has 0 spiro atoms. The molecule has 0 aliphatic heterocycles. The van der Waals surface area contributed by atoms with Crippen molar-refractivity contribution >= 4 is 17.7 Å². The quantitative estimate of drug-likeness (QED) is 0.579. The van der Waals surface area contributed by atoms with Gasteiger partial charge in [0.1, 0.15) is 5.60 Å². The van der Waals surface area contributed by atoms with E-state index in [4.69, 9.17) is 4.74 Å². The molecule has 1 amide bonds. The second-order valence-electron chi connectivity index (χ2n) is 7.82. The Balaban J connectivity index is 1.79. The summed E-state index contributed by atoms with van der Waals surface area (Å²) in [7, 11) is 3.46. The summed E-state index contributed by atoms with van der Waals surface area (Å²) in [5.41, 5.74) is 0.311. The van der Waals surface area contributed by atoms with Gasteiger partial charge < -0.3 is 20.3 Å². The standard InChI is InChI=1S/C19H31N7O2/c1-14(13-25(6)18(27)28-19(2,3)4)11-21-17(20-5)22-12-16-24-23-15-9-7-8-10-26(15)16/h7-10,14H,11-13H2,1-6H3,(H2,20,21,22). The minimum Gasteiger partial charge on any atom is -0.444 e. The highest BCUT2D eigenvalue weighted by atomic mass is 16.6. The van der Waals surface area contributed by atoms with Gasteiger partial charge in [0.15, 0.2) is 17.4 Å². The first-order valence-corrected chi connectivity index (χ1v) is 9.37. The van der Waals surface area contributed by atoms with E-state index in [2.05, 4.69) is 32.7 Å². The van der Waals surface area contributed by atoms with E-state index in [0.29, 0.717) is 25.6 Å². The summed E-state index contributed by atoms with van der Waals surface area (Å²) in [6, 6.07) is 5.78. The molecule has 0 saturated heterocycles. The van der Waals surface area contributed by atoms with Crippen LogP contribution in [-0.4, -0.2) is 64.3 Å². The molecule has 1 unspecified atom stereocenters. The van der Waals surface area contributed by atoms with E-state index in [0.717, 1.165) is 11.5 Å². The molecule has 2 rings (SSSR count). The average Bonchev–Trinajstić information content (AvgIpc) is 3.03. The normalized spacial score (nSPS) is 13.3. The molecule has 2 aromatic heterocycles. The average molecular weight is 390 g/mol. The van der Waals surface area contributed by atoms with Crippen LogP contribution in [0, 0.1) is 5.92 Å². The largest absolute Gasteiger partial charge is 0.444 e. The number of fused-ring (bicyclic) bond motifs is 1. The van der Waals surface area contributed by atoms with Crippen LogP contribution >= 0.6 is 0 Å². The highest BCUT2D eigenvalue weighted by molar-refractivity contribution is 5.79. The van der Waals surface area contributed by atoms with E-state index in [-0.39, 0.29) is 12.0 Å². The van der Waals surface area contributed by atoms with Gasteiger partial charge in [-0.15, -0.1) is 10.2 Å². The van der Waals surface area contributed by atoms with Gasteiger partial charge in [0.25, 0.3) is 0 Å². The number of ether oxygens (including phenoxy) is 1. The van der Waals surface area contributed by atoms with Gasteiger partial charge in [0.05, 0.1) is 6.54 Å². The maximum absolute atomic E-state index is 12.1. The topological polar surface area (TPSA) is 96.1 Å². The van der Waals surface area contributed by atoms with Crippen molar-refractivity contribution in [3.63, 3.8) is 0 Å². The fraction of sp³-hybridized carbons (Fsp3) is 0.579. The third-order valence-electron chi connectivity index (χ3n) is 3.93. The van der Waals surface area contributed by atoms with Crippen molar-refractivity contribution in [3.8, 4) is 0 Å². The number of nitrogens with zero attached hydrogens (tertiary/aromatic N) is 5. The highest BCUT2D eigenvalue weighted by Crippen LogP contribution is 2.10. The van der Waals surface area contributed by atoms with Crippen LogP contribution in [-0.2, 0) is 11.3 Å². The first kappa shape index (κ1) is 21.5. The molecule has 1 atom stereocenters. The van der Waals surface area contributed by atoms with Gasteiger partial charge >= 0.3 is 6.09 Å². The monoisotopic (exact) mass is 389 g/mol. The minimum absolute atomic E-state index is 0.213. The number of rotatable bonds is 6. The predicted octanol–water partition coefficient (Wildman–Crippen LogP) is 1.90. The second-order valence-corrected chi connectivity index (χ2v) is 7.82. The van der Waals surface area contributed by atoms with Crippen molar-refractivity contribution < 1.29 is 9.53 Å². The van der Waals surface area contributed by atoms with E-state index < -0.39 is 5.60 Å². The molecular weight excluding hydrogens is 358 g/mol. The van der Waals surface area contributed by atoms with Crippen molar-refractivity contribution in [2.45, 2.75) is 39.8 Å². The first-order chi connectivity index (χ1) is 13.2. The second kappa shape index (κ2) is 9.38. The molecule has 2 heterocycles. The van der Waals surface area contributed by atoms with Gasteiger partial charge in [-0.2, -0.15) is 0 Å². The van der Waals surface area contributed by atoms with Gasteiger partial charge in [-0.05, 0) is 38.8 Å². The first-order valence-electron chi connectivity index (χ1n) is 9.37. The highest BCUT2D eigenvalue weighted by Gasteiger charge is 2.20. The summed E-state index contributed by atoms with van der Waals surface area (Å²) in [4.78, 5) is 17.9. The van der Waals surface area contributed by atoms with E-state index in [1.165, 1.54) is 0 Å². The molecule has 0 saturated carbocycles. The number of hydrogen-bond donors (Lipinski definition) is 2. The number of aliphatic imine (C=N–C) groups is 1. The maximum atomic E-state index is 12.1. The fourth-order valence-electron chi connectivity index (χ4n) is 2.61. The molecule has 9 heteroatoms. The maximum Gasteiger partial charge on any atom is 0.410 e. The fourth-order valence-corrected chi connectivity index (χ4v) is 2.61. The lowest BCUT2D eigenvalue weighted by atomic mass is 10.1. The number of guanidine groups is 1. The Hall–Kier alpha value is -2.84. The van der Waals surface area contributed by atoms with Crippen molar-refractivity contribution in [1.82, 2.24) is 30.1 Å². The Kier molecular flexibility index (Phi) is 7.19. The smallest absolute Gasteiger partial charge is 0.410 e. The van der Waals surface area contributed by atoms with Gasteiger partial charge in [-0.1, -0.05) is 13.0 Å². The van der Waals surface area contributed by atoms with E-state index in [1.54, 1.807) is 19.0 Å². The van der Waals surface area contributed by atoms with Crippen LogP contribution in [0.2, 0.25) is 0 Å². The van der Waals surface area contributed by atoms with Gasteiger partial charge in [-0.3, -0.25) is 9.39 Å². The van der Waals surface area contributed by atoms with Crippen LogP contribution in [0.4, 0.5) is 4.79 Å². The molecule has 154 valence electrons. The Bertz CT molecular complexity index is 810. The van der Waals surface area contributed by atoms with Gasteiger partial charge in [0.2, 0.25) is 0 Å². The summed E-state index contributed by atoms with van der Waals surface area (Å²) in [6.07, 6.45) is 1.61. The van der Waals surface area contributed by atoms with Crippen molar-refractivity contribution in [3.05, 3.63) is 30.2 Å². The van der Waals surface area contributed by atoms with Crippen LogP contribution in [0.15, 0.2) is 29.4 Å². The number of pyridine rings is 1. The zero-order valence-electron chi connectivity index (χ0n) is 17.6. The third-order valence-corrected chi connectivity index (χ3v) is 3.93. The number of carbonyl (C=O) groups excluding carboxylic acids is 1. The lowest BCUT2D eigenvalue weighted by Crippen LogP contribution is -2.42. The number of amides is 1. The zero-order chi connectivity index (χ0) is 20.7. The third kappa shape index (κ3) is 6.40. The molecule has 0 aliphatic carbocycles. The van der Waals surface area contributed by atoms with Crippen LogP contribution in [0.3, 0.4) is 0 Å². The Labute approximate surface area is 166 Å². The Morgan fingerprint density at radius 2 is 2.07 bits per heavy atom. The molecule has 9 nitrogen and oxygen atoms in total. The number of hydrogen-bond acceptors (Lipinski definition) is 5. The Morgan fingerprint density at radius 3 is 2.75 bits per heavy atom. The zero-order valence-corrected chi connectivity index (χ0v) is 17.6. The number of carbonyl (C=O) groups is 1. The molecule has 0 aliphatic rings. The molecular formula is C19H31N7O2. The molecule has 0 bridgehead atoms. The van der Waals surface area contributed by atoms with Gasteiger partial charge in [-0.25, -0.2) is 4.79 Å². The molecule has 0 radical (unpaired) electrons. The molecule has 2 aromatic rings. The van der Waals surface area contributed by atoms with Crippen LogP contribution in [0.25, 0.3) is 5.65 Å². The van der Waals surface area contributed by atoms with Crippen molar-refractivity contribution in [1.29, 1.82) is 0 Å². The molecule has 2 N–H and O–H groups in total. The van der Waals surface area contributed by atoms with Crippen LogP contribution in [0.1, 0.15) is 33.5 Å². The lowest BCUT2D eigenvalue weighted by Gasteiger charge is -2.26. The van der Waals surface area contributed by atoms with E-state index in [9.17, 15) is 4.79 Å². The predicted molar refractivity (Wildman–Crippen MR) is 109 cm³/mol. The van der Waals surface area contributed by atoms with E-state index >= 15 is 0 Å². The number of aromatic nitrogens is 3. The van der Waals surface area contributed by atoms with E-state index in [1.807, 2.05) is 49.6 Å². The summed E-state index contributed by atoms with van der Waals surface area (Å²) in [5, 5.41) is 14.8. The minimum atomic E-state index is -0.495. The molecule has 0 fully saturated rings.